The number of ketones is 1. The van der Waals surface area contributed by atoms with Gasteiger partial charge in [0.1, 0.15) is 5.69 Å². The Morgan fingerprint density at radius 1 is 0.933 bits per heavy atom. The van der Waals surface area contributed by atoms with Gasteiger partial charge in [-0.05, 0) is 56.7 Å². The lowest BCUT2D eigenvalue weighted by Gasteiger charge is -2.15. The Kier molecular flexibility index (Phi) is 4.58. The number of benzene rings is 2. The number of aromatic amines is 1. The van der Waals surface area contributed by atoms with Gasteiger partial charge in [-0.3, -0.25) is 19.2 Å². The van der Waals surface area contributed by atoms with Crippen molar-refractivity contribution in [3.05, 3.63) is 82.2 Å². The van der Waals surface area contributed by atoms with Crippen LogP contribution < -0.4 is 10.2 Å². The number of carbonyl (C=O) groups is 4. The average molecular weight is 401 g/mol. The molecule has 4 rings (SSSR count). The third-order valence-electron chi connectivity index (χ3n) is 5.17. The number of rotatable bonds is 4. The van der Waals surface area contributed by atoms with Crippen LogP contribution in [0, 0.1) is 13.8 Å². The molecule has 1 aromatic heterocycles. The lowest BCUT2D eigenvalue weighted by molar-refractivity contribution is 0.0923. The number of nitrogens with one attached hydrogen (secondary N) is 2. The van der Waals surface area contributed by atoms with E-state index in [-0.39, 0.29) is 5.78 Å². The van der Waals surface area contributed by atoms with Gasteiger partial charge in [-0.15, -0.1) is 0 Å². The molecular formula is C23H19N3O4. The van der Waals surface area contributed by atoms with Crippen LogP contribution in [0.15, 0.2) is 48.5 Å². The summed E-state index contributed by atoms with van der Waals surface area (Å²) in [6.45, 7) is 4.91. The SMILES string of the molecule is CC(=O)c1c(C)[nH]c(C(=O)Nc2cccc(N3C(=O)c4ccccc4C3=O)c2)c1C. The Morgan fingerprint density at radius 2 is 1.57 bits per heavy atom. The van der Waals surface area contributed by atoms with Crippen molar-refractivity contribution < 1.29 is 19.2 Å². The first-order chi connectivity index (χ1) is 14.3. The molecule has 7 nitrogen and oxygen atoms in total. The maximum absolute atomic E-state index is 12.8. The van der Waals surface area contributed by atoms with Gasteiger partial charge in [-0.2, -0.15) is 0 Å². The molecule has 0 aliphatic carbocycles. The van der Waals surface area contributed by atoms with E-state index in [1.54, 1.807) is 62.4 Å². The summed E-state index contributed by atoms with van der Waals surface area (Å²) in [5.74, 6) is -1.34. The Labute approximate surface area is 172 Å². The standard InChI is InChI=1S/C23H19N3O4/c1-12-19(14(3)27)13(2)24-20(12)21(28)25-15-7-6-8-16(11-15)26-22(29)17-9-4-5-10-18(17)23(26)30/h4-11,24H,1-3H3,(H,25,28). The summed E-state index contributed by atoms with van der Waals surface area (Å²) in [5.41, 5.74) is 3.49. The number of H-pyrrole nitrogens is 1. The Hall–Kier alpha value is -4.00. The van der Waals surface area contributed by atoms with Crippen molar-refractivity contribution in [2.24, 2.45) is 0 Å². The molecule has 1 aliphatic heterocycles. The monoisotopic (exact) mass is 401 g/mol. The first-order valence-electron chi connectivity index (χ1n) is 9.39. The molecule has 3 aromatic rings. The van der Waals surface area contributed by atoms with Gasteiger partial charge in [0.15, 0.2) is 5.78 Å². The van der Waals surface area contributed by atoms with Crippen LogP contribution in [0.4, 0.5) is 11.4 Å². The van der Waals surface area contributed by atoms with E-state index in [1.165, 1.54) is 6.92 Å². The van der Waals surface area contributed by atoms with E-state index in [9.17, 15) is 19.2 Å². The molecule has 2 N–H and O–H groups in total. The fourth-order valence-corrected chi connectivity index (χ4v) is 3.85. The van der Waals surface area contributed by atoms with Crippen LogP contribution in [-0.2, 0) is 0 Å². The molecule has 7 heteroatoms. The first-order valence-corrected chi connectivity index (χ1v) is 9.39. The zero-order valence-corrected chi connectivity index (χ0v) is 16.7. The third kappa shape index (κ3) is 3.00. The molecular weight excluding hydrogens is 382 g/mol. The Morgan fingerprint density at radius 3 is 2.13 bits per heavy atom. The number of aryl methyl sites for hydroxylation is 1. The summed E-state index contributed by atoms with van der Waals surface area (Å²) >= 11 is 0. The van der Waals surface area contributed by atoms with E-state index in [0.29, 0.717) is 45.0 Å². The predicted octanol–water partition coefficient (Wildman–Crippen LogP) is 3.89. The molecule has 0 spiro atoms. The first kappa shape index (κ1) is 19.3. The number of nitrogens with zero attached hydrogens (tertiary/aromatic N) is 1. The topological polar surface area (TPSA) is 99.3 Å². The predicted molar refractivity (Wildman–Crippen MR) is 112 cm³/mol. The molecule has 30 heavy (non-hydrogen) atoms. The normalized spacial score (nSPS) is 12.8. The molecule has 3 amide bonds. The molecule has 0 atom stereocenters. The van der Waals surface area contributed by atoms with Crippen molar-refractivity contribution in [1.29, 1.82) is 0 Å². The summed E-state index contributed by atoms with van der Waals surface area (Å²) < 4.78 is 0. The van der Waals surface area contributed by atoms with Gasteiger partial charge in [-0.25, -0.2) is 4.90 Å². The molecule has 0 bridgehead atoms. The van der Waals surface area contributed by atoms with Crippen LogP contribution in [0.25, 0.3) is 0 Å². The van der Waals surface area contributed by atoms with Crippen molar-refractivity contribution in [2.75, 3.05) is 10.2 Å². The zero-order chi connectivity index (χ0) is 21.6. The van der Waals surface area contributed by atoms with E-state index in [0.717, 1.165) is 4.90 Å². The van der Waals surface area contributed by atoms with E-state index in [4.69, 9.17) is 0 Å². The van der Waals surface area contributed by atoms with Crippen LogP contribution >= 0.6 is 0 Å². The van der Waals surface area contributed by atoms with Gasteiger partial charge in [0.25, 0.3) is 17.7 Å². The number of amides is 3. The fraction of sp³-hybridized carbons (Fsp3) is 0.130. The summed E-state index contributed by atoms with van der Waals surface area (Å²) in [4.78, 5) is 54.0. The molecule has 0 saturated heterocycles. The molecule has 0 fully saturated rings. The highest BCUT2D eigenvalue weighted by molar-refractivity contribution is 6.34. The maximum Gasteiger partial charge on any atom is 0.272 e. The molecule has 0 unspecified atom stereocenters. The molecule has 2 aromatic carbocycles. The second-order valence-corrected chi connectivity index (χ2v) is 7.18. The van der Waals surface area contributed by atoms with Gasteiger partial charge in [0, 0.05) is 16.9 Å². The van der Waals surface area contributed by atoms with Crippen LogP contribution in [0.2, 0.25) is 0 Å². The highest BCUT2D eigenvalue weighted by atomic mass is 16.2. The average Bonchev–Trinajstić information content (AvgIpc) is 3.15. The van der Waals surface area contributed by atoms with Crippen LogP contribution in [0.3, 0.4) is 0 Å². The minimum Gasteiger partial charge on any atom is -0.354 e. The van der Waals surface area contributed by atoms with Gasteiger partial charge in [0.2, 0.25) is 0 Å². The van der Waals surface area contributed by atoms with Gasteiger partial charge in [0.05, 0.1) is 16.8 Å². The number of fused-ring (bicyclic) bond motifs is 1. The number of hydrogen-bond acceptors (Lipinski definition) is 4. The minimum absolute atomic E-state index is 0.118. The Bertz CT molecular complexity index is 1200. The van der Waals surface area contributed by atoms with E-state index in [2.05, 4.69) is 10.3 Å². The lowest BCUT2D eigenvalue weighted by Crippen LogP contribution is -2.29. The fourth-order valence-electron chi connectivity index (χ4n) is 3.85. The minimum atomic E-state index is -0.414. The second kappa shape index (κ2) is 7.11. The summed E-state index contributed by atoms with van der Waals surface area (Å²) in [5, 5.41) is 2.76. The van der Waals surface area contributed by atoms with E-state index in [1.807, 2.05) is 0 Å². The zero-order valence-electron chi connectivity index (χ0n) is 16.7. The van der Waals surface area contributed by atoms with Crippen molar-refractivity contribution in [2.45, 2.75) is 20.8 Å². The number of hydrogen-bond donors (Lipinski definition) is 2. The summed E-state index contributed by atoms with van der Waals surface area (Å²) in [6.07, 6.45) is 0. The van der Waals surface area contributed by atoms with Crippen LogP contribution in [0.1, 0.15) is 59.7 Å². The molecule has 0 saturated carbocycles. The number of aromatic nitrogens is 1. The number of imide groups is 1. The second-order valence-electron chi connectivity index (χ2n) is 7.18. The van der Waals surface area contributed by atoms with Crippen molar-refractivity contribution in [3.63, 3.8) is 0 Å². The maximum atomic E-state index is 12.8. The molecule has 1 aliphatic rings. The van der Waals surface area contributed by atoms with Crippen molar-refractivity contribution in [1.82, 2.24) is 4.98 Å². The molecule has 0 radical (unpaired) electrons. The van der Waals surface area contributed by atoms with Crippen molar-refractivity contribution in [3.8, 4) is 0 Å². The van der Waals surface area contributed by atoms with E-state index >= 15 is 0 Å². The Balaban J connectivity index is 1.62. The largest absolute Gasteiger partial charge is 0.354 e. The quantitative estimate of drug-likeness (QED) is 0.512. The molecule has 2 heterocycles. The van der Waals surface area contributed by atoms with Gasteiger partial charge in [-0.1, -0.05) is 18.2 Å². The lowest BCUT2D eigenvalue weighted by atomic mass is 10.1. The van der Waals surface area contributed by atoms with Crippen LogP contribution in [-0.4, -0.2) is 28.5 Å². The van der Waals surface area contributed by atoms with Gasteiger partial charge < -0.3 is 10.3 Å². The molecule has 150 valence electrons. The van der Waals surface area contributed by atoms with Crippen LogP contribution in [0.5, 0.6) is 0 Å². The number of carbonyl (C=O) groups excluding carboxylic acids is 4. The van der Waals surface area contributed by atoms with E-state index < -0.39 is 17.7 Å². The van der Waals surface area contributed by atoms with Crippen molar-refractivity contribution >= 4 is 34.9 Å². The number of anilines is 2. The highest BCUT2D eigenvalue weighted by Crippen LogP contribution is 2.30. The number of Topliss-reactive ketones (excluding diaryl/α,β-unsaturated/α-hetero) is 1. The smallest absolute Gasteiger partial charge is 0.272 e. The summed E-state index contributed by atoms with van der Waals surface area (Å²) in [7, 11) is 0. The third-order valence-corrected chi connectivity index (χ3v) is 5.17. The van der Waals surface area contributed by atoms with Gasteiger partial charge >= 0.3 is 0 Å². The summed E-state index contributed by atoms with van der Waals surface area (Å²) in [6, 6.07) is 13.2. The highest BCUT2D eigenvalue weighted by Gasteiger charge is 2.36.